The first-order chi connectivity index (χ1) is 13.0. The first-order valence-corrected chi connectivity index (χ1v) is 8.76. The van der Waals surface area contributed by atoms with E-state index in [1.54, 1.807) is 37.3 Å². The summed E-state index contributed by atoms with van der Waals surface area (Å²) < 4.78 is 10.2. The topological polar surface area (TPSA) is 80.4 Å². The Labute approximate surface area is 157 Å². The Kier molecular flexibility index (Phi) is 5.45. The summed E-state index contributed by atoms with van der Waals surface area (Å²) in [6.07, 6.45) is 0. The molecule has 2 aromatic carbocycles. The second-order valence-electron chi connectivity index (χ2n) is 6.21. The number of hydrogen-bond donors (Lipinski definition) is 2. The summed E-state index contributed by atoms with van der Waals surface area (Å²) >= 11 is 0. The number of fused-ring (bicyclic) bond motifs is 1. The Morgan fingerprint density at radius 2 is 1.93 bits per heavy atom. The van der Waals surface area contributed by atoms with Crippen molar-refractivity contribution in [3.8, 4) is 5.75 Å². The van der Waals surface area contributed by atoms with Gasteiger partial charge in [0.15, 0.2) is 6.61 Å². The van der Waals surface area contributed by atoms with Crippen molar-refractivity contribution < 1.29 is 19.1 Å². The molecule has 0 aliphatic rings. The van der Waals surface area contributed by atoms with Crippen LogP contribution in [-0.4, -0.2) is 30.1 Å². The molecule has 1 amide bonds. The van der Waals surface area contributed by atoms with E-state index in [1.807, 2.05) is 26.0 Å². The van der Waals surface area contributed by atoms with E-state index < -0.39 is 5.97 Å². The summed E-state index contributed by atoms with van der Waals surface area (Å²) in [7, 11) is 0. The number of aromatic amines is 1. The number of esters is 1. The summed E-state index contributed by atoms with van der Waals surface area (Å²) in [5, 5.41) is 3.89. The van der Waals surface area contributed by atoms with Crippen LogP contribution >= 0.6 is 0 Å². The largest absolute Gasteiger partial charge is 0.482 e. The van der Waals surface area contributed by atoms with Gasteiger partial charge in [-0.1, -0.05) is 6.07 Å². The molecule has 1 aromatic heterocycles. The lowest BCUT2D eigenvalue weighted by Crippen LogP contribution is -2.15. The molecule has 0 spiro atoms. The van der Waals surface area contributed by atoms with E-state index in [2.05, 4.69) is 10.3 Å². The van der Waals surface area contributed by atoms with Crippen LogP contribution in [0.3, 0.4) is 0 Å². The molecule has 3 aromatic rings. The van der Waals surface area contributed by atoms with Gasteiger partial charge in [-0.3, -0.25) is 4.79 Å². The van der Waals surface area contributed by atoms with Crippen LogP contribution in [-0.2, 0) is 9.53 Å². The van der Waals surface area contributed by atoms with Gasteiger partial charge in [0.05, 0.1) is 6.61 Å². The van der Waals surface area contributed by atoms with Crippen LogP contribution in [0.4, 0.5) is 5.69 Å². The molecule has 0 radical (unpaired) electrons. The maximum Gasteiger partial charge on any atom is 0.344 e. The second-order valence-corrected chi connectivity index (χ2v) is 6.21. The zero-order valence-electron chi connectivity index (χ0n) is 15.6. The fourth-order valence-electron chi connectivity index (χ4n) is 2.81. The molecule has 2 N–H and O–H groups in total. The number of amides is 1. The van der Waals surface area contributed by atoms with Crippen molar-refractivity contribution in [1.29, 1.82) is 0 Å². The molecule has 0 atom stereocenters. The number of carbonyl (C=O) groups excluding carboxylic acids is 2. The molecule has 1 heterocycles. The summed E-state index contributed by atoms with van der Waals surface area (Å²) in [5.74, 6) is -0.163. The highest BCUT2D eigenvalue weighted by Gasteiger charge is 2.11. The van der Waals surface area contributed by atoms with E-state index >= 15 is 0 Å². The van der Waals surface area contributed by atoms with E-state index in [0.29, 0.717) is 23.6 Å². The number of rotatable bonds is 6. The second kappa shape index (κ2) is 7.95. The third-order valence-electron chi connectivity index (χ3n) is 4.32. The normalized spacial score (nSPS) is 10.6. The van der Waals surface area contributed by atoms with Gasteiger partial charge in [-0.25, -0.2) is 4.79 Å². The molecule has 6 heteroatoms. The van der Waals surface area contributed by atoms with Crippen LogP contribution in [0.25, 0.3) is 10.9 Å². The zero-order chi connectivity index (χ0) is 19.4. The van der Waals surface area contributed by atoms with Gasteiger partial charge < -0.3 is 19.8 Å². The highest BCUT2D eigenvalue weighted by atomic mass is 16.6. The smallest absolute Gasteiger partial charge is 0.344 e. The molecule has 0 aliphatic heterocycles. The molecule has 140 valence electrons. The molecule has 6 nitrogen and oxygen atoms in total. The maximum absolute atomic E-state index is 12.6. The average Bonchev–Trinajstić information content (AvgIpc) is 2.94. The summed E-state index contributed by atoms with van der Waals surface area (Å²) in [4.78, 5) is 27.3. The average molecular weight is 366 g/mol. The molecule has 0 saturated carbocycles. The molecule has 0 saturated heterocycles. The molecule has 3 rings (SSSR count). The summed E-state index contributed by atoms with van der Waals surface area (Å²) in [6.45, 7) is 5.91. The lowest BCUT2D eigenvalue weighted by molar-refractivity contribution is -0.145. The Balaban J connectivity index is 1.71. The van der Waals surface area contributed by atoms with Crippen molar-refractivity contribution in [3.63, 3.8) is 0 Å². The van der Waals surface area contributed by atoms with Crippen molar-refractivity contribution in [1.82, 2.24) is 4.98 Å². The summed E-state index contributed by atoms with van der Waals surface area (Å²) in [5.41, 5.74) is 4.39. The minimum absolute atomic E-state index is 0.173. The number of carbonyl (C=O) groups is 2. The van der Waals surface area contributed by atoms with Crippen LogP contribution in [0.1, 0.15) is 28.5 Å². The van der Waals surface area contributed by atoms with Crippen LogP contribution < -0.4 is 10.1 Å². The van der Waals surface area contributed by atoms with E-state index in [4.69, 9.17) is 9.47 Å². The number of H-pyrrole nitrogens is 1. The minimum Gasteiger partial charge on any atom is -0.482 e. The van der Waals surface area contributed by atoms with Crippen LogP contribution in [0.5, 0.6) is 5.75 Å². The van der Waals surface area contributed by atoms with Crippen molar-refractivity contribution in [2.75, 3.05) is 18.5 Å². The maximum atomic E-state index is 12.6. The van der Waals surface area contributed by atoms with E-state index in [0.717, 1.165) is 22.2 Å². The number of anilines is 1. The molecule has 0 bridgehead atoms. The molecule has 0 fully saturated rings. The van der Waals surface area contributed by atoms with Crippen molar-refractivity contribution in [2.45, 2.75) is 20.8 Å². The van der Waals surface area contributed by atoms with Gasteiger partial charge in [0.25, 0.3) is 5.91 Å². The van der Waals surface area contributed by atoms with Gasteiger partial charge in [-0.05, 0) is 56.7 Å². The molecular weight excluding hydrogens is 344 g/mol. The number of aryl methyl sites for hydroxylation is 2. The minimum atomic E-state index is -0.433. The highest BCUT2D eigenvalue weighted by Crippen LogP contribution is 2.23. The van der Waals surface area contributed by atoms with Crippen LogP contribution in [0, 0.1) is 13.8 Å². The number of benzene rings is 2. The van der Waals surface area contributed by atoms with Gasteiger partial charge in [-0.2, -0.15) is 0 Å². The fraction of sp³-hybridized carbons (Fsp3) is 0.238. The standard InChI is InChI=1S/C21H22N2O4/c1-4-26-20(24)12-27-17-7-5-6-16(11-17)23-21(25)15-8-9-19-18(10-15)13(2)14(3)22-19/h5-11,22H,4,12H2,1-3H3,(H,23,25). The molecular formula is C21H22N2O4. The Morgan fingerprint density at radius 1 is 1.11 bits per heavy atom. The van der Waals surface area contributed by atoms with E-state index in [1.165, 1.54) is 0 Å². The van der Waals surface area contributed by atoms with Gasteiger partial charge in [-0.15, -0.1) is 0 Å². The van der Waals surface area contributed by atoms with Crippen molar-refractivity contribution >= 4 is 28.5 Å². The molecule has 0 unspecified atom stereocenters. The third kappa shape index (κ3) is 4.28. The van der Waals surface area contributed by atoms with Crippen molar-refractivity contribution in [2.24, 2.45) is 0 Å². The monoisotopic (exact) mass is 366 g/mol. The van der Waals surface area contributed by atoms with Gasteiger partial charge in [0.1, 0.15) is 5.75 Å². The first-order valence-electron chi connectivity index (χ1n) is 8.76. The fourth-order valence-corrected chi connectivity index (χ4v) is 2.81. The summed E-state index contributed by atoms with van der Waals surface area (Å²) in [6, 6.07) is 12.5. The Morgan fingerprint density at radius 3 is 2.70 bits per heavy atom. The third-order valence-corrected chi connectivity index (χ3v) is 4.32. The van der Waals surface area contributed by atoms with E-state index in [-0.39, 0.29) is 12.5 Å². The first kappa shape index (κ1) is 18.5. The SMILES string of the molecule is CCOC(=O)COc1cccc(NC(=O)c2ccc3[nH]c(C)c(C)c3c2)c1. The van der Waals surface area contributed by atoms with Gasteiger partial charge in [0, 0.05) is 33.9 Å². The van der Waals surface area contributed by atoms with Crippen LogP contribution in [0.15, 0.2) is 42.5 Å². The molecule has 0 aliphatic carbocycles. The number of aromatic nitrogens is 1. The number of hydrogen-bond acceptors (Lipinski definition) is 4. The Bertz CT molecular complexity index is 991. The predicted octanol–water partition coefficient (Wildman–Crippen LogP) is 3.98. The highest BCUT2D eigenvalue weighted by molar-refractivity contribution is 6.06. The number of nitrogens with one attached hydrogen (secondary N) is 2. The molecule has 27 heavy (non-hydrogen) atoms. The van der Waals surface area contributed by atoms with Crippen LogP contribution in [0.2, 0.25) is 0 Å². The lowest BCUT2D eigenvalue weighted by Gasteiger charge is -2.09. The number of ether oxygens (including phenoxy) is 2. The van der Waals surface area contributed by atoms with Crippen molar-refractivity contribution in [3.05, 3.63) is 59.3 Å². The predicted molar refractivity (Wildman–Crippen MR) is 104 cm³/mol. The Hall–Kier alpha value is -3.28. The zero-order valence-corrected chi connectivity index (χ0v) is 15.6. The lowest BCUT2D eigenvalue weighted by atomic mass is 10.1. The van der Waals surface area contributed by atoms with Gasteiger partial charge in [0.2, 0.25) is 0 Å². The van der Waals surface area contributed by atoms with Gasteiger partial charge >= 0.3 is 5.97 Å². The van der Waals surface area contributed by atoms with E-state index in [9.17, 15) is 9.59 Å². The quantitative estimate of drug-likeness (QED) is 0.647.